The number of nitrogens with one attached hydrogen (secondary N) is 1. The van der Waals surface area contributed by atoms with Crippen LogP contribution in [0.3, 0.4) is 0 Å². The molecule has 0 radical (unpaired) electrons. The van der Waals surface area contributed by atoms with E-state index in [1.54, 1.807) is 18.0 Å². The quantitative estimate of drug-likeness (QED) is 0.916. The Morgan fingerprint density at radius 2 is 2.12 bits per heavy atom. The maximum absolute atomic E-state index is 12.6. The highest BCUT2D eigenvalue weighted by Gasteiger charge is 2.35. The maximum atomic E-state index is 12.6. The lowest BCUT2D eigenvalue weighted by Crippen LogP contribution is -2.48. The molecule has 2 amide bonds. The smallest absolute Gasteiger partial charge is 0.262 e. The first-order valence-electron chi connectivity index (χ1n) is 9.17. The van der Waals surface area contributed by atoms with Crippen molar-refractivity contribution in [2.45, 2.75) is 38.5 Å². The molecule has 0 aromatic heterocycles. The summed E-state index contributed by atoms with van der Waals surface area (Å²) in [7, 11) is 1.75. The van der Waals surface area contributed by atoms with E-state index in [1.807, 2.05) is 12.1 Å². The van der Waals surface area contributed by atoms with E-state index in [-0.39, 0.29) is 11.8 Å². The number of anilines is 2. The van der Waals surface area contributed by atoms with Crippen LogP contribution in [0.2, 0.25) is 0 Å². The Hall–Kier alpha value is -2.37. The van der Waals surface area contributed by atoms with Crippen molar-refractivity contribution < 1.29 is 9.59 Å². The molecule has 6 heteroatoms. The predicted molar refractivity (Wildman–Crippen MR) is 98.0 cm³/mol. The van der Waals surface area contributed by atoms with Crippen molar-refractivity contribution >= 4 is 29.1 Å². The largest absolute Gasteiger partial charge is 0.326 e. The molecule has 0 atom stereocenters. The van der Waals surface area contributed by atoms with E-state index in [1.165, 1.54) is 25.7 Å². The van der Waals surface area contributed by atoms with Crippen LogP contribution in [0, 0.1) is 5.92 Å². The molecular weight excluding hydrogens is 316 g/mol. The van der Waals surface area contributed by atoms with E-state index < -0.39 is 0 Å². The molecule has 2 heterocycles. The lowest BCUT2D eigenvalue weighted by Gasteiger charge is -2.33. The molecule has 25 heavy (non-hydrogen) atoms. The van der Waals surface area contributed by atoms with E-state index in [0.717, 1.165) is 18.7 Å². The molecule has 132 valence electrons. The van der Waals surface area contributed by atoms with Gasteiger partial charge in [-0.05, 0) is 30.5 Å². The van der Waals surface area contributed by atoms with Crippen LogP contribution < -0.4 is 10.2 Å². The average Bonchev–Trinajstić information content (AvgIpc) is 3.29. The molecule has 6 nitrogen and oxygen atoms in total. The Kier molecular flexibility index (Phi) is 4.19. The summed E-state index contributed by atoms with van der Waals surface area (Å²) >= 11 is 0. The number of hydrogen-bond donors (Lipinski definition) is 1. The first-order chi connectivity index (χ1) is 12.1. The van der Waals surface area contributed by atoms with Gasteiger partial charge in [0.1, 0.15) is 0 Å². The third-order valence-electron chi connectivity index (χ3n) is 5.48. The third-order valence-corrected chi connectivity index (χ3v) is 5.48. The minimum atomic E-state index is -0.0750. The van der Waals surface area contributed by atoms with E-state index in [9.17, 15) is 9.59 Å². The Morgan fingerprint density at radius 1 is 1.32 bits per heavy atom. The summed E-state index contributed by atoms with van der Waals surface area (Å²) in [6.07, 6.45) is 6.63. The van der Waals surface area contributed by atoms with E-state index >= 15 is 0 Å². The molecule has 1 aliphatic carbocycles. The zero-order valence-corrected chi connectivity index (χ0v) is 14.6. The summed E-state index contributed by atoms with van der Waals surface area (Å²) < 4.78 is 0. The van der Waals surface area contributed by atoms with Crippen molar-refractivity contribution in [3.63, 3.8) is 0 Å². The average molecular weight is 340 g/mol. The van der Waals surface area contributed by atoms with Gasteiger partial charge in [0, 0.05) is 25.7 Å². The third kappa shape index (κ3) is 3.01. The molecule has 1 aromatic rings. The number of carbonyl (C=O) groups excluding carboxylic acids is 2. The number of fused-ring (bicyclic) bond motifs is 3. The van der Waals surface area contributed by atoms with E-state index in [4.69, 9.17) is 0 Å². The molecule has 1 fully saturated rings. The Balaban J connectivity index is 1.46. The molecule has 0 unspecified atom stereocenters. The van der Waals surface area contributed by atoms with Gasteiger partial charge in [-0.3, -0.25) is 19.5 Å². The first-order valence-corrected chi connectivity index (χ1v) is 9.17. The highest BCUT2D eigenvalue weighted by atomic mass is 16.2. The highest BCUT2D eigenvalue weighted by molar-refractivity contribution is 6.19. The molecule has 1 saturated carbocycles. The van der Waals surface area contributed by atoms with Gasteiger partial charge in [0.25, 0.3) is 5.91 Å². The Bertz CT molecular complexity index is 737. The van der Waals surface area contributed by atoms with Gasteiger partial charge in [-0.2, -0.15) is 0 Å². The molecule has 1 N–H and O–H groups in total. The number of nitrogens with zero attached hydrogens (tertiary/aromatic N) is 3. The van der Waals surface area contributed by atoms with Gasteiger partial charge in [-0.1, -0.05) is 25.7 Å². The highest BCUT2D eigenvalue weighted by Crippen LogP contribution is 2.32. The fourth-order valence-electron chi connectivity index (χ4n) is 4.10. The maximum Gasteiger partial charge on any atom is 0.262 e. The minimum absolute atomic E-state index is 0.0342. The second kappa shape index (κ2) is 6.50. The number of hydrogen-bond acceptors (Lipinski definition) is 4. The van der Waals surface area contributed by atoms with Crippen LogP contribution in [0.1, 0.15) is 48.9 Å². The van der Waals surface area contributed by atoms with Crippen molar-refractivity contribution in [3.05, 3.63) is 23.8 Å². The van der Waals surface area contributed by atoms with Crippen LogP contribution in [0.5, 0.6) is 0 Å². The molecule has 1 aromatic carbocycles. The van der Waals surface area contributed by atoms with Gasteiger partial charge in [-0.15, -0.1) is 0 Å². The lowest BCUT2D eigenvalue weighted by molar-refractivity contribution is -0.116. The topological polar surface area (TPSA) is 65.0 Å². The van der Waals surface area contributed by atoms with Crippen molar-refractivity contribution in [3.8, 4) is 0 Å². The lowest BCUT2D eigenvalue weighted by atomic mass is 10.0. The van der Waals surface area contributed by atoms with Gasteiger partial charge >= 0.3 is 0 Å². The monoisotopic (exact) mass is 340 g/mol. The number of amides is 2. The van der Waals surface area contributed by atoms with Crippen LogP contribution >= 0.6 is 0 Å². The SMILES string of the molecule is CN1C(=O)c2cc(NC(=O)CCC3CCCC3)ccc2N2CCN=C12. The van der Waals surface area contributed by atoms with Gasteiger partial charge < -0.3 is 10.2 Å². The summed E-state index contributed by atoms with van der Waals surface area (Å²) in [5, 5.41) is 2.95. The molecular formula is C19H24N4O2. The van der Waals surface area contributed by atoms with Crippen LogP contribution in [-0.2, 0) is 4.79 Å². The van der Waals surface area contributed by atoms with Crippen molar-refractivity contribution in [1.29, 1.82) is 0 Å². The molecule has 2 aliphatic heterocycles. The summed E-state index contributed by atoms with van der Waals surface area (Å²) in [5.41, 5.74) is 2.19. The van der Waals surface area contributed by atoms with Crippen molar-refractivity contribution in [1.82, 2.24) is 4.90 Å². The zero-order chi connectivity index (χ0) is 17.4. The number of rotatable bonds is 4. The minimum Gasteiger partial charge on any atom is -0.326 e. The number of benzene rings is 1. The molecule has 3 aliphatic rings. The number of aliphatic imine (C=N–C) groups is 1. The van der Waals surface area contributed by atoms with Crippen LogP contribution in [0.15, 0.2) is 23.2 Å². The molecule has 4 rings (SSSR count). The summed E-state index contributed by atoms with van der Waals surface area (Å²) in [6, 6.07) is 5.57. The van der Waals surface area contributed by atoms with Crippen LogP contribution in [0.25, 0.3) is 0 Å². The molecule has 0 bridgehead atoms. The van der Waals surface area contributed by atoms with Gasteiger partial charge in [0.05, 0.1) is 17.8 Å². The fraction of sp³-hybridized carbons (Fsp3) is 0.526. The summed E-state index contributed by atoms with van der Waals surface area (Å²) in [4.78, 5) is 32.9. The molecule has 0 saturated heterocycles. The molecule has 0 spiro atoms. The Labute approximate surface area is 147 Å². The summed E-state index contributed by atoms with van der Waals surface area (Å²) in [5.74, 6) is 1.38. The van der Waals surface area contributed by atoms with Crippen LogP contribution in [-0.4, -0.2) is 42.8 Å². The second-order valence-electron chi connectivity index (χ2n) is 7.17. The predicted octanol–water partition coefficient (Wildman–Crippen LogP) is 2.86. The fourth-order valence-corrected chi connectivity index (χ4v) is 4.10. The van der Waals surface area contributed by atoms with Crippen molar-refractivity contribution in [2.75, 3.05) is 30.4 Å². The van der Waals surface area contributed by atoms with Crippen molar-refractivity contribution in [2.24, 2.45) is 10.9 Å². The number of carbonyl (C=O) groups is 2. The van der Waals surface area contributed by atoms with Gasteiger partial charge in [-0.25, -0.2) is 0 Å². The number of guanidine groups is 1. The van der Waals surface area contributed by atoms with E-state index in [2.05, 4.69) is 15.2 Å². The summed E-state index contributed by atoms with van der Waals surface area (Å²) in [6.45, 7) is 1.49. The van der Waals surface area contributed by atoms with Gasteiger partial charge in [0.2, 0.25) is 11.9 Å². The normalized spacial score (nSPS) is 19.7. The first kappa shape index (κ1) is 16.1. The Morgan fingerprint density at radius 3 is 2.92 bits per heavy atom. The standard InChI is InChI=1S/C19H24N4O2/c1-22-18(25)15-12-14(7-8-16(15)23-11-10-20-19(22)23)21-17(24)9-6-13-4-2-3-5-13/h7-8,12-13H,2-6,9-11H2,1H3,(H,21,24). The van der Waals surface area contributed by atoms with Gasteiger partial charge in [0.15, 0.2) is 0 Å². The van der Waals surface area contributed by atoms with E-state index in [0.29, 0.717) is 36.1 Å². The second-order valence-corrected chi connectivity index (χ2v) is 7.17. The van der Waals surface area contributed by atoms with Crippen LogP contribution in [0.4, 0.5) is 11.4 Å². The zero-order valence-electron chi connectivity index (χ0n) is 14.6.